The summed E-state index contributed by atoms with van der Waals surface area (Å²) in [6.07, 6.45) is 8.88. The molecule has 1 heterocycles. The maximum atomic E-state index is 9.79. The third-order valence-corrected chi connectivity index (χ3v) is 4.05. The number of phenolic OH excluding ortho intramolecular Hbond substituents is 1. The van der Waals surface area contributed by atoms with Crippen LogP contribution in [-0.2, 0) is 6.54 Å². The Hall–Kier alpha value is -2.23. The van der Waals surface area contributed by atoms with Crippen molar-refractivity contribution in [3.63, 3.8) is 0 Å². The van der Waals surface area contributed by atoms with Crippen molar-refractivity contribution in [2.45, 2.75) is 39.2 Å². The zero-order chi connectivity index (χ0) is 15.5. The summed E-state index contributed by atoms with van der Waals surface area (Å²) in [5.41, 5.74) is 0.974. The van der Waals surface area contributed by atoms with Crippen LogP contribution < -0.4 is 15.4 Å². The summed E-state index contributed by atoms with van der Waals surface area (Å²) < 4.78 is 7.52. The Balaban J connectivity index is 2.16. The van der Waals surface area contributed by atoms with E-state index in [2.05, 4.69) is 23.6 Å². The number of fused-ring (bicyclic) bond motifs is 1. The van der Waals surface area contributed by atoms with Crippen LogP contribution in [0.1, 0.15) is 32.6 Å². The van der Waals surface area contributed by atoms with Gasteiger partial charge in [0.1, 0.15) is 5.82 Å². The van der Waals surface area contributed by atoms with Crippen molar-refractivity contribution in [2.24, 2.45) is 0 Å². The predicted octanol–water partition coefficient (Wildman–Crippen LogP) is 2.42. The average molecular weight is 298 g/mol. The van der Waals surface area contributed by atoms with E-state index < -0.39 is 0 Å². The van der Waals surface area contributed by atoms with Crippen molar-refractivity contribution in [2.75, 3.05) is 7.11 Å². The molecule has 0 saturated carbocycles. The molecule has 3 rings (SSSR count). The lowest BCUT2D eigenvalue weighted by Crippen LogP contribution is -2.31. The molecule has 0 saturated heterocycles. The number of methoxy groups -OCH3 is 1. The number of rotatable bonds is 5. The Labute approximate surface area is 130 Å². The molecule has 1 aromatic heterocycles. The summed E-state index contributed by atoms with van der Waals surface area (Å²) in [5, 5.41) is 12.1. The van der Waals surface area contributed by atoms with Crippen LogP contribution in [0, 0.1) is 0 Å². The molecule has 22 heavy (non-hydrogen) atoms. The first kappa shape index (κ1) is 14.7. The second-order valence-electron chi connectivity index (χ2n) is 5.58. The minimum atomic E-state index is 0.154. The number of phenols is 1. The Bertz CT molecular complexity index is 790. The highest BCUT2D eigenvalue weighted by atomic mass is 16.5. The molecule has 0 bridgehead atoms. The number of hydrogen-bond donors (Lipinski definition) is 1. The number of ether oxygens (including phenoxy) is 1. The normalized spacial score (nSPS) is 13.2. The van der Waals surface area contributed by atoms with Gasteiger partial charge in [-0.15, -0.1) is 0 Å². The summed E-state index contributed by atoms with van der Waals surface area (Å²) in [6, 6.07) is 5.42. The van der Waals surface area contributed by atoms with Crippen LogP contribution >= 0.6 is 0 Å². The Morgan fingerprint density at radius 3 is 2.86 bits per heavy atom. The molecule has 2 aromatic rings. The van der Waals surface area contributed by atoms with Gasteiger partial charge in [0.15, 0.2) is 11.5 Å². The fourth-order valence-corrected chi connectivity index (χ4v) is 2.87. The van der Waals surface area contributed by atoms with Gasteiger partial charge in [-0.3, -0.25) is 0 Å². The molecule has 0 fully saturated rings. The Morgan fingerprint density at radius 1 is 1.27 bits per heavy atom. The topological polar surface area (TPSA) is 47.3 Å². The average Bonchev–Trinajstić information content (AvgIpc) is 2.92. The summed E-state index contributed by atoms with van der Waals surface area (Å²) in [6.45, 7) is 3.16. The van der Waals surface area contributed by atoms with Crippen molar-refractivity contribution in [3.05, 3.63) is 28.9 Å². The van der Waals surface area contributed by atoms with Gasteiger partial charge in [0.2, 0.25) is 0 Å². The van der Waals surface area contributed by atoms with E-state index in [-0.39, 0.29) is 5.75 Å². The monoisotopic (exact) mass is 298 g/mol. The molecule has 0 radical (unpaired) electrons. The van der Waals surface area contributed by atoms with Gasteiger partial charge in [-0.25, -0.2) is 4.98 Å². The fraction of sp³-hybridized carbons (Fsp3) is 0.389. The highest BCUT2D eigenvalue weighted by Crippen LogP contribution is 2.30. The fourth-order valence-electron chi connectivity index (χ4n) is 2.87. The van der Waals surface area contributed by atoms with Crippen molar-refractivity contribution >= 4 is 12.2 Å². The van der Waals surface area contributed by atoms with Gasteiger partial charge < -0.3 is 14.4 Å². The first-order chi connectivity index (χ1) is 10.7. The minimum absolute atomic E-state index is 0.154. The summed E-state index contributed by atoms with van der Waals surface area (Å²) in [4.78, 5) is 4.82. The quantitative estimate of drug-likeness (QED) is 0.922. The summed E-state index contributed by atoms with van der Waals surface area (Å²) in [7, 11) is 1.56. The second-order valence-corrected chi connectivity index (χ2v) is 5.58. The van der Waals surface area contributed by atoms with Gasteiger partial charge in [-0.1, -0.05) is 25.5 Å². The first-order valence-electron chi connectivity index (χ1n) is 7.89. The molecule has 116 valence electrons. The van der Waals surface area contributed by atoms with Crippen LogP contribution in [0.15, 0.2) is 18.2 Å². The van der Waals surface area contributed by atoms with Gasteiger partial charge in [0, 0.05) is 12.1 Å². The Morgan fingerprint density at radius 2 is 2.09 bits per heavy atom. The smallest absolute Gasteiger partial charge is 0.161 e. The van der Waals surface area contributed by atoms with E-state index in [1.165, 1.54) is 5.35 Å². The molecule has 0 amide bonds. The van der Waals surface area contributed by atoms with E-state index in [4.69, 9.17) is 9.72 Å². The van der Waals surface area contributed by atoms with E-state index in [9.17, 15) is 5.11 Å². The van der Waals surface area contributed by atoms with Crippen LogP contribution in [0.2, 0.25) is 0 Å². The summed E-state index contributed by atoms with van der Waals surface area (Å²) >= 11 is 0. The third kappa shape index (κ3) is 2.61. The minimum Gasteiger partial charge on any atom is -0.504 e. The number of aromatic nitrogens is 2. The van der Waals surface area contributed by atoms with Crippen LogP contribution in [0.5, 0.6) is 11.5 Å². The highest BCUT2D eigenvalue weighted by molar-refractivity contribution is 5.62. The van der Waals surface area contributed by atoms with Crippen LogP contribution in [-0.4, -0.2) is 21.8 Å². The maximum Gasteiger partial charge on any atom is 0.161 e. The van der Waals surface area contributed by atoms with E-state index in [0.717, 1.165) is 49.0 Å². The number of benzene rings is 1. The molecule has 1 aromatic carbocycles. The molecule has 0 aliphatic heterocycles. The highest BCUT2D eigenvalue weighted by Gasteiger charge is 2.13. The van der Waals surface area contributed by atoms with Crippen molar-refractivity contribution < 1.29 is 9.84 Å². The van der Waals surface area contributed by atoms with Crippen molar-refractivity contribution in [1.82, 2.24) is 9.55 Å². The van der Waals surface area contributed by atoms with Crippen molar-refractivity contribution in [1.29, 1.82) is 0 Å². The molecule has 1 aliphatic carbocycles. The van der Waals surface area contributed by atoms with Gasteiger partial charge in [0.05, 0.1) is 17.8 Å². The molecular formula is C18H22N2O2. The van der Waals surface area contributed by atoms with E-state index in [1.807, 2.05) is 12.1 Å². The van der Waals surface area contributed by atoms with Gasteiger partial charge >= 0.3 is 0 Å². The molecule has 4 nitrogen and oxygen atoms in total. The van der Waals surface area contributed by atoms with Crippen LogP contribution in [0.3, 0.4) is 0 Å². The first-order valence-corrected chi connectivity index (χ1v) is 7.89. The zero-order valence-corrected chi connectivity index (χ0v) is 13.2. The molecule has 1 aliphatic rings. The van der Waals surface area contributed by atoms with E-state index in [1.54, 1.807) is 13.2 Å². The molecule has 4 heteroatoms. The van der Waals surface area contributed by atoms with Crippen molar-refractivity contribution in [3.8, 4) is 22.9 Å². The molecule has 0 atom stereocenters. The van der Waals surface area contributed by atoms with E-state index >= 15 is 0 Å². The number of nitrogens with zero attached hydrogens (tertiary/aromatic N) is 2. The number of unbranched alkanes of at least 4 members (excludes halogenated alkanes) is 1. The largest absolute Gasteiger partial charge is 0.504 e. The third-order valence-electron chi connectivity index (χ3n) is 4.05. The van der Waals surface area contributed by atoms with Gasteiger partial charge in [-0.2, -0.15) is 0 Å². The van der Waals surface area contributed by atoms with Gasteiger partial charge in [0.25, 0.3) is 0 Å². The standard InChI is InChI=1S/C18H22N2O2/c1-3-4-11-20-15-8-6-5-7-14(15)19-18(20)13-9-10-16(21)17(12-13)22-2/h7-10,12,21H,3-6,11H2,1-2H3. The predicted molar refractivity (Wildman–Crippen MR) is 88.2 cm³/mol. The number of hydrogen-bond acceptors (Lipinski definition) is 3. The Kier molecular flexibility index (Phi) is 4.18. The van der Waals surface area contributed by atoms with E-state index in [0.29, 0.717) is 5.75 Å². The molecular weight excluding hydrogens is 276 g/mol. The number of imidazole rings is 1. The maximum absolute atomic E-state index is 9.79. The SMILES string of the molecule is CCCCn1c(-c2ccc(O)c(OC)c2)nc2c1=CCCC=2. The molecule has 0 spiro atoms. The second kappa shape index (κ2) is 6.26. The van der Waals surface area contributed by atoms with Crippen LogP contribution in [0.25, 0.3) is 23.5 Å². The zero-order valence-electron chi connectivity index (χ0n) is 13.2. The van der Waals surface area contributed by atoms with Gasteiger partial charge in [-0.05, 0) is 37.5 Å². The lowest BCUT2D eigenvalue weighted by atomic mass is 10.2. The number of aromatic hydroxyl groups is 1. The molecule has 1 N–H and O–H groups in total. The lowest BCUT2D eigenvalue weighted by Gasteiger charge is -2.10. The molecule has 0 unspecified atom stereocenters. The van der Waals surface area contributed by atoms with Crippen LogP contribution in [0.4, 0.5) is 0 Å². The lowest BCUT2D eigenvalue weighted by molar-refractivity contribution is 0.373. The summed E-state index contributed by atoms with van der Waals surface area (Å²) in [5.74, 6) is 1.58.